The van der Waals surface area contributed by atoms with Crippen LogP contribution in [0.1, 0.15) is 18.3 Å². The van der Waals surface area contributed by atoms with Gasteiger partial charge in [0.05, 0.1) is 17.1 Å². The van der Waals surface area contributed by atoms with Gasteiger partial charge in [-0.05, 0) is 20.8 Å². The summed E-state index contributed by atoms with van der Waals surface area (Å²) in [6, 6.07) is 0.0396. The zero-order valence-electron chi connectivity index (χ0n) is 11.3. The quantitative estimate of drug-likeness (QED) is 0.820. The number of carbonyl (C=O) groups excluding carboxylic acids is 1. The fourth-order valence-electron chi connectivity index (χ4n) is 2.41. The number of hydrogen-bond donors (Lipinski definition) is 2. The Kier molecular flexibility index (Phi) is 3.74. The van der Waals surface area contributed by atoms with Gasteiger partial charge in [0, 0.05) is 32.7 Å². The van der Waals surface area contributed by atoms with Gasteiger partial charge in [0.15, 0.2) is 0 Å². The van der Waals surface area contributed by atoms with Crippen LogP contribution in [-0.4, -0.2) is 53.9 Å². The third kappa shape index (κ3) is 2.42. The molecule has 2 rings (SSSR count). The predicted molar refractivity (Wildman–Crippen MR) is 70.9 cm³/mol. The molecule has 2 N–H and O–H groups in total. The highest BCUT2D eigenvalue weighted by atomic mass is 16.2. The van der Waals surface area contributed by atoms with Crippen molar-refractivity contribution in [2.45, 2.75) is 20.8 Å². The molecule has 6 heteroatoms. The van der Waals surface area contributed by atoms with Gasteiger partial charge in [-0.3, -0.25) is 5.10 Å². The fraction of sp³-hybridized carbons (Fsp3) is 0.667. The van der Waals surface area contributed by atoms with E-state index in [1.807, 2.05) is 25.7 Å². The largest absolute Gasteiger partial charge is 0.365 e. The van der Waals surface area contributed by atoms with Crippen LogP contribution in [0.25, 0.3) is 0 Å². The number of piperazine rings is 1. The van der Waals surface area contributed by atoms with E-state index < -0.39 is 0 Å². The van der Waals surface area contributed by atoms with Crippen LogP contribution in [0.3, 0.4) is 0 Å². The number of carbonyl (C=O) groups is 1. The summed E-state index contributed by atoms with van der Waals surface area (Å²) in [5.41, 5.74) is 3.31. The van der Waals surface area contributed by atoms with Gasteiger partial charge in [0.2, 0.25) is 0 Å². The average Bonchev–Trinajstić information content (AvgIpc) is 2.70. The number of amides is 2. The summed E-state index contributed by atoms with van der Waals surface area (Å²) in [7, 11) is 0. The molecule has 0 bridgehead atoms. The molecule has 0 unspecified atom stereocenters. The normalized spacial score (nSPS) is 15.9. The van der Waals surface area contributed by atoms with Crippen LogP contribution < -0.4 is 10.2 Å². The van der Waals surface area contributed by atoms with Gasteiger partial charge in [-0.2, -0.15) is 5.10 Å². The van der Waals surface area contributed by atoms with E-state index in [0.29, 0.717) is 6.54 Å². The molecule has 100 valence electrons. The standard InChI is InChI=1S/C12H21N5O/c1-4-13-12(18)17-7-5-16(6-8-17)11-9(2)14-15-10(11)3/h4-8H2,1-3H3,(H,13,18)(H,14,15). The lowest BCUT2D eigenvalue weighted by Gasteiger charge is -2.36. The maximum absolute atomic E-state index is 11.7. The molecule has 6 nitrogen and oxygen atoms in total. The Morgan fingerprint density at radius 2 is 2.00 bits per heavy atom. The second-order valence-corrected chi connectivity index (χ2v) is 4.59. The lowest BCUT2D eigenvalue weighted by atomic mass is 10.2. The third-order valence-electron chi connectivity index (χ3n) is 3.30. The Hall–Kier alpha value is -1.72. The number of H-pyrrole nitrogens is 1. The lowest BCUT2D eigenvalue weighted by Crippen LogP contribution is -2.52. The zero-order chi connectivity index (χ0) is 13.1. The molecular weight excluding hydrogens is 230 g/mol. The summed E-state index contributed by atoms with van der Waals surface area (Å²) in [5.74, 6) is 0. The summed E-state index contributed by atoms with van der Waals surface area (Å²) in [6.07, 6.45) is 0. The molecule has 0 spiro atoms. The van der Waals surface area contributed by atoms with E-state index in [1.165, 1.54) is 5.69 Å². The first-order valence-electron chi connectivity index (χ1n) is 6.42. The van der Waals surface area contributed by atoms with Crippen molar-refractivity contribution in [1.82, 2.24) is 20.4 Å². The highest BCUT2D eigenvalue weighted by Crippen LogP contribution is 2.23. The fourth-order valence-corrected chi connectivity index (χ4v) is 2.41. The molecule has 1 aromatic rings. The Balaban J connectivity index is 1.97. The number of nitrogens with one attached hydrogen (secondary N) is 2. The first-order valence-corrected chi connectivity index (χ1v) is 6.42. The zero-order valence-corrected chi connectivity index (χ0v) is 11.3. The Bertz CT molecular complexity index is 401. The van der Waals surface area contributed by atoms with Crippen molar-refractivity contribution in [1.29, 1.82) is 0 Å². The predicted octanol–water partition coefficient (Wildman–Crippen LogP) is 0.878. The second kappa shape index (κ2) is 5.29. The number of hydrogen-bond acceptors (Lipinski definition) is 3. The summed E-state index contributed by atoms with van der Waals surface area (Å²) >= 11 is 0. The minimum atomic E-state index is 0.0396. The van der Waals surface area contributed by atoms with Crippen molar-refractivity contribution in [2.24, 2.45) is 0 Å². The highest BCUT2D eigenvalue weighted by Gasteiger charge is 2.23. The van der Waals surface area contributed by atoms with Crippen LogP contribution in [0.15, 0.2) is 0 Å². The number of aromatic nitrogens is 2. The Morgan fingerprint density at radius 3 is 2.50 bits per heavy atom. The van der Waals surface area contributed by atoms with E-state index >= 15 is 0 Å². The molecule has 2 heterocycles. The van der Waals surface area contributed by atoms with Gasteiger partial charge in [-0.15, -0.1) is 0 Å². The van der Waals surface area contributed by atoms with Gasteiger partial charge < -0.3 is 15.1 Å². The molecule has 18 heavy (non-hydrogen) atoms. The van der Waals surface area contributed by atoms with Crippen molar-refractivity contribution in [3.05, 3.63) is 11.4 Å². The van der Waals surface area contributed by atoms with Crippen molar-refractivity contribution >= 4 is 11.7 Å². The topological polar surface area (TPSA) is 64.3 Å². The van der Waals surface area contributed by atoms with Crippen LogP contribution in [0.4, 0.5) is 10.5 Å². The first-order chi connectivity index (χ1) is 8.63. The van der Waals surface area contributed by atoms with Crippen molar-refractivity contribution in [2.75, 3.05) is 37.6 Å². The van der Waals surface area contributed by atoms with Gasteiger partial charge in [-0.25, -0.2) is 4.79 Å². The minimum absolute atomic E-state index is 0.0396. The highest BCUT2D eigenvalue weighted by molar-refractivity contribution is 5.74. The number of urea groups is 1. The van der Waals surface area contributed by atoms with Gasteiger partial charge >= 0.3 is 6.03 Å². The molecule has 1 aliphatic rings. The van der Waals surface area contributed by atoms with Crippen molar-refractivity contribution < 1.29 is 4.79 Å². The minimum Gasteiger partial charge on any atom is -0.365 e. The average molecular weight is 251 g/mol. The van der Waals surface area contributed by atoms with E-state index in [-0.39, 0.29) is 6.03 Å². The van der Waals surface area contributed by atoms with E-state index in [9.17, 15) is 4.79 Å². The van der Waals surface area contributed by atoms with Gasteiger partial charge in [-0.1, -0.05) is 0 Å². The van der Waals surface area contributed by atoms with Crippen LogP contribution in [0.2, 0.25) is 0 Å². The summed E-state index contributed by atoms with van der Waals surface area (Å²) in [5, 5.41) is 10.1. The van der Waals surface area contributed by atoms with Crippen LogP contribution in [0.5, 0.6) is 0 Å². The molecule has 1 fully saturated rings. The van der Waals surface area contributed by atoms with E-state index in [4.69, 9.17) is 0 Å². The van der Waals surface area contributed by atoms with Crippen molar-refractivity contribution in [3.63, 3.8) is 0 Å². The van der Waals surface area contributed by atoms with Gasteiger partial charge in [0.25, 0.3) is 0 Å². The molecule has 0 radical (unpaired) electrons. The first kappa shape index (κ1) is 12.7. The number of rotatable bonds is 2. The van der Waals surface area contributed by atoms with Crippen LogP contribution in [-0.2, 0) is 0 Å². The lowest BCUT2D eigenvalue weighted by molar-refractivity contribution is 0.195. The molecule has 2 amide bonds. The molecular formula is C12H21N5O. The smallest absolute Gasteiger partial charge is 0.317 e. The number of aryl methyl sites for hydroxylation is 2. The van der Waals surface area contributed by atoms with E-state index in [0.717, 1.165) is 37.6 Å². The third-order valence-corrected chi connectivity index (χ3v) is 3.30. The number of anilines is 1. The SMILES string of the molecule is CCNC(=O)N1CCN(c2c(C)n[nH]c2C)CC1. The molecule has 0 saturated carbocycles. The molecule has 0 aromatic carbocycles. The number of nitrogens with zero attached hydrogens (tertiary/aromatic N) is 3. The second-order valence-electron chi connectivity index (χ2n) is 4.59. The van der Waals surface area contributed by atoms with Crippen molar-refractivity contribution in [3.8, 4) is 0 Å². The monoisotopic (exact) mass is 251 g/mol. The Morgan fingerprint density at radius 1 is 1.33 bits per heavy atom. The maximum atomic E-state index is 11.7. The summed E-state index contributed by atoms with van der Waals surface area (Å²) < 4.78 is 0. The number of aromatic amines is 1. The summed E-state index contributed by atoms with van der Waals surface area (Å²) in [4.78, 5) is 15.9. The maximum Gasteiger partial charge on any atom is 0.317 e. The Labute approximate surface area is 107 Å². The molecule has 1 aromatic heterocycles. The molecule has 1 aliphatic heterocycles. The van der Waals surface area contributed by atoms with Crippen LogP contribution >= 0.6 is 0 Å². The summed E-state index contributed by atoms with van der Waals surface area (Å²) in [6.45, 7) is 9.90. The van der Waals surface area contributed by atoms with E-state index in [2.05, 4.69) is 20.4 Å². The molecule has 1 saturated heterocycles. The molecule has 0 aliphatic carbocycles. The molecule has 0 atom stereocenters. The van der Waals surface area contributed by atoms with Gasteiger partial charge in [0.1, 0.15) is 0 Å². The van der Waals surface area contributed by atoms with E-state index in [1.54, 1.807) is 0 Å². The van der Waals surface area contributed by atoms with Crippen LogP contribution in [0, 0.1) is 13.8 Å².